The maximum Gasteiger partial charge on any atom is 0.333 e. The SMILES string of the molecule is C/C(=C/CCCCC[C@@H](C)O)C(=O)OCCS(=O)(=O)O. The fourth-order valence-corrected chi connectivity index (χ4v) is 1.81. The molecule has 0 fully saturated rings. The molecule has 0 amide bonds. The third kappa shape index (κ3) is 12.1. The average Bonchev–Trinajstić information content (AvgIpc) is 2.31. The summed E-state index contributed by atoms with van der Waals surface area (Å²) in [7, 11) is -4.10. The number of aliphatic hydroxyl groups excluding tert-OH is 1. The zero-order valence-electron chi connectivity index (χ0n) is 12.0. The molecule has 0 saturated heterocycles. The molecule has 0 radical (unpaired) electrons. The van der Waals surface area contributed by atoms with Crippen LogP contribution in [0.5, 0.6) is 0 Å². The van der Waals surface area contributed by atoms with Gasteiger partial charge in [-0.05, 0) is 33.1 Å². The first-order chi connectivity index (χ1) is 9.22. The van der Waals surface area contributed by atoms with Gasteiger partial charge in [0, 0.05) is 5.57 Å². The molecular weight excluding hydrogens is 284 g/mol. The first-order valence-electron chi connectivity index (χ1n) is 6.69. The van der Waals surface area contributed by atoms with Gasteiger partial charge >= 0.3 is 5.97 Å². The molecule has 0 aromatic heterocycles. The van der Waals surface area contributed by atoms with Gasteiger partial charge in [-0.15, -0.1) is 0 Å². The molecule has 0 aliphatic carbocycles. The summed E-state index contributed by atoms with van der Waals surface area (Å²) in [6, 6.07) is 0. The average molecular weight is 308 g/mol. The molecule has 0 spiro atoms. The highest BCUT2D eigenvalue weighted by atomic mass is 32.2. The normalized spacial score (nSPS) is 14.1. The molecule has 0 aliphatic rings. The van der Waals surface area contributed by atoms with E-state index in [-0.39, 0.29) is 12.7 Å². The summed E-state index contributed by atoms with van der Waals surface area (Å²) in [4.78, 5) is 11.4. The van der Waals surface area contributed by atoms with Gasteiger partial charge in [-0.1, -0.05) is 18.9 Å². The molecule has 7 heteroatoms. The maximum atomic E-state index is 11.4. The summed E-state index contributed by atoms with van der Waals surface area (Å²) < 4.78 is 34.1. The number of hydrogen-bond donors (Lipinski definition) is 2. The van der Waals surface area contributed by atoms with E-state index < -0.39 is 21.8 Å². The summed E-state index contributed by atoms with van der Waals surface area (Å²) in [5.74, 6) is -1.16. The van der Waals surface area contributed by atoms with Crippen LogP contribution in [0.3, 0.4) is 0 Å². The monoisotopic (exact) mass is 308 g/mol. The topological polar surface area (TPSA) is 101 Å². The van der Waals surface area contributed by atoms with Gasteiger partial charge in [0.05, 0.1) is 6.10 Å². The fourth-order valence-electron chi connectivity index (χ4n) is 1.52. The predicted molar refractivity (Wildman–Crippen MR) is 75.9 cm³/mol. The van der Waals surface area contributed by atoms with E-state index >= 15 is 0 Å². The number of hydrogen-bond acceptors (Lipinski definition) is 5. The van der Waals surface area contributed by atoms with Crippen LogP contribution in [0.25, 0.3) is 0 Å². The Hall–Kier alpha value is -0.920. The lowest BCUT2D eigenvalue weighted by Crippen LogP contribution is -2.15. The van der Waals surface area contributed by atoms with Crippen LogP contribution in [-0.4, -0.2) is 42.5 Å². The van der Waals surface area contributed by atoms with Crippen LogP contribution in [0.15, 0.2) is 11.6 Å². The van der Waals surface area contributed by atoms with Crippen molar-refractivity contribution in [3.63, 3.8) is 0 Å². The molecule has 0 rings (SSSR count). The molecule has 0 aliphatic heterocycles. The van der Waals surface area contributed by atoms with Crippen LogP contribution in [0.4, 0.5) is 0 Å². The van der Waals surface area contributed by atoms with Gasteiger partial charge in [0.2, 0.25) is 0 Å². The summed E-state index contributed by atoms with van der Waals surface area (Å²) in [5, 5.41) is 9.08. The van der Waals surface area contributed by atoms with Gasteiger partial charge in [-0.2, -0.15) is 8.42 Å². The molecule has 6 nitrogen and oxygen atoms in total. The van der Waals surface area contributed by atoms with Crippen molar-refractivity contribution in [1.82, 2.24) is 0 Å². The number of allylic oxidation sites excluding steroid dienone is 1. The van der Waals surface area contributed by atoms with Crippen LogP contribution < -0.4 is 0 Å². The molecule has 20 heavy (non-hydrogen) atoms. The van der Waals surface area contributed by atoms with E-state index in [1.165, 1.54) is 0 Å². The molecule has 2 N–H and O–H groups in total. The van der Waals surface area contributed by atoms with Crippen molar-refractivity contribution >= 4 is 16.1 Å². The first-order valence-corrected chi connectivity index (χ1v) is 8.30. The third-order valence-corrected chi connectivity index (χ3v) is 3.36. The standard InChI is InChI=1S/C13H24O6S/c1-11(7-5-3-4-6-8-12(2)14)13(15)19-9-10-20(16,17)18/h7,12,14H,3-6,8-10H2,1-2H3,(H,16,17,18)/b11-7-/t12-/m1/s1. The molecular formula is C13H24O6S. The number of ether oxygens (including phenoxy) is 1. The van der Waals surface area contributed by atoms with E-state index in [1.54, 1.807) is 19.9 Å². The number of rotatable bonds is 10. The van der Waals surface area contributed by atoms with Crippen molar-refractivity contribution in [2.24, 2.45) is 0 Å². The zero-order valence-corrected chi connectivity index (χ0v) is 12.9. The molecule has 1 atom stereocenters. The van der Waals surface area contributed by atoms with Gasteiger partial charge in [-0.3, -0.25) is 4.55 Å². The van der Waals surface area contributed by atoms with E-state index in [2.05, 4.69) is 0 Å². The smallest absolute Gasteiger partial charge is 0.333 e. The van der Waals surface area contributed by atoms with Gasteiger partial charge in [0.15, 0.2) is 0 Å². The molecule has 0 bridgehead atoms. The third-order valence-electron chi connectivity index (χ3n) is 2.67. The highest BCUT2D eigenvalue weighted by Gasteiger charge is 2.09. The molecule has 0 saturated carbocycles. The Bertz CT molecular complexity index is 411. The van der Waals surface area contributed by atoms with Crippen molar-refractivity contribution in [1.29, 1.82) is 0 Å². The summed E-state index contributed by atoms with van der Waals surface area (Å²) in [6.45, 7) is 3.01. The van der Waals surface area contributed by atoms with Gasteiger partial charge in [-0.25, -0.2) is 4.79 Å². The first kappa shape index (κ1) is 19.1. The second kappa shape index (κ2) is 9.90. The summed E-state index contributed by atoms with van der Waals surface area (Å²) in [6.07, 6.45) is 5.83. The Morgan fingerprint density at radius 2 is 1.95 bits per heavy atom. The minimum atomic E-state index is -4.10. The second-order valence-corrected chi connectivity index (χ2v) is 6.37. The van der Waals surface area contributed by atoms with Crippen LogP contribution in [0.2, 0.25) is 0 Å². The van der Waals surface area contributed by atoms with Crippen LogP contribution in [-0.2, 0) is 19.6 Å². The van der Waals surface area contributed by atoms with E-state index in [0.29, 0.717) is 5.57 Å². The Kier molecular flexibility index (Phi) is 9.45. The quantitative estimate of drug-likeness (QED) is 0.276. The number of aliphatic hydroxyl groups is 1. The lowest BCUT2D eigenvalue weighted by Gasteiger charge is -2.04. The number of unbranched alkanes of at least 4 members (excludes halogenated alkanes) is 3. The van der Waals surface area contributed by atoms with Gasteiger partial charge in [0.1, 0.15) is 12.4 Å². The molecule has 118 valence electrons. The Morgan fingerprint density at radius 3 is 2.50 bits per heavy atom. The van der Waals surface area contributed by atoms with E-state index in [4.69, 9.17) is 14.4 Å². The number of esters is 1. The predicted octanol–water partition coefficient (Wildman–Crippen LogP) is 1.69. The van der Waals surface area contributed by atoms with Crippen LogP contribution >= 0.6 is 0 Å². The Balaban J connectivity index is 3.79. The highest BCUT2D eigenvalue weighted by molar-refractivity contribution is 7.85. The number of carbonyl (C=O) groups excluding carboxylic acids is 1. The lowest BCUT2D eigenvalue weighted by atomic mass is 10.1. The Labute approximate surface area is 120 Å². The van der Waals surface area contributed by atoms with Crippen LogP contribution in [0, 0.1) is 0 Å². The second-order valence-electron chi connectivity index (χ2n) is 4.80. The molecule has 0 aromatic carbocycles. The molecule has 0 unspecified atom stereocenters. The van der Waals surface area contributed by atoms with Crippen molar-refractivity contribution in [3.05, 3.63) is 11.6 Å². The Morgan fingerprint density at radius 1 is 1.30 bits per heavy atom. The van der Waals surface area contributed by atoms with Crippen molar-refractivity contribution < 1.29 is 27.6 Å². The number of carbonyl (C=O) groups is 1. The van der Waals surface area contributed by atoms with E-state index in [1.807, 2.05) is 0 Å². The largest absolute Gasteiger partial charge is 0.461 e. The van der Waals surface area contributed by atoms with E-state index in [0.717, 1.165) is 32.1 Å². The summed E-state index contributed by atoms with van der Waals surface area (Å²) >= 11 is 0. The minimum absolute atomic E-state index is 0.273. The van der Waals surface area contributed by atoms with Crippen molar-refractivity contribution in [2.75, 3.05) is 12.4 Å². The minimum Gasteiger partial charge on any atom is -0.461 e. The van der Waals surface area contributed by atoms with E-state index in [9.17, 15) is 13.2 Å². The van der Waals surface area contributed by atoms with Crippen molar-refractivity contribution in [2.45, 2.75) is 52.1 Å². The highest BCUT2D eigenvalue weighted by Crippen LogP contribution is 2.08. The van der Waals surface area contributed by atoms with Crippen LogP contribution in [0.1, 0.15) is 46.0 Å². The van der Waals surface area contributed by atoms with Gasteiger partial charge in [0.25, 0.3) is 10.1 Å². The molecule has 0 aromatic rings. The molecule has 0 heterocycles. The maximum absolute atomic E-state index is 11.4. The van der Waals surface area contributed by atoms with Gasteiger partial charge < -0.3 is 9.84 Å². The summed E-state index contributed by atoms with van der Waals surface area (Å²) in [5.41, 5.74) is 0.427. The zero-order chi connectivity index (χ0) is 15.6. The fraction of sp³-hybridized carbons (Fsp3) is 0.769. The van der Waals surface area contributed by atoms with Crippen molar-refractivity contribution in [3.8, 4) is 0 Å². The lowest BCUT2D eigenvalue weighted by molar-refractivity contribution is -0.138.